The van der Waals surface area contributed by atoms with Gasteiger partial charge in [-0.3, -0.25) is 14.0 Å². The summed E-state index contributed by atoms with van der Waals surface area (Å²) in [6.45, 7) is -2.94. The predicted molar refractivity (Wildman–Crippen MR) is 126 cm³/mol. The lowest BCUT2D eigenvalue weighted by Crippen LogP contribution is -2.15. The summed E-state index contributed by atoms with van der Waals surface area (Å²) < 4.78 is 31.7. The van der Waals surface area contributed by atoms with Crippen molar-refractivity contribution >= 4 is 39.7 Å². The van der Waals surface area contributed by atoms with Crippen molar-refractivity contribution < 1.29 is 18.3 Å². The molecule has 2 aromatic heterocycles. The van der Waals surface area contributed by atoms with Crippen molar-refractivity contribution in [3.63, 3.8) is 0 Å². The SMILES string of the molecule is O=C(CSCc1cc(=O)n2ccsc2n1)Nc1ccc(OC(F)F)c(Cc2ccccc2)c1. The highest BCUT2D eigenvalue weighted by Crippen LogP contribution is 2.27. The number of hydrogen-bond acceptors (Lipinski definition) is 6. The van der Waals surface area contributed by atoms with Gasteiger partial charge in [0, 0.05) is 41.1 Å². The molecule has 0 unspecified atom stereocenters. The number of thiazole rings is 1. The van der Waals surface area contributed by atoms with Crippen molar-refractivity contribution in [2.75, 3.05) is 11.1 Å². The number of ether oxygens (including phenoxy) is 1. The van der Waals surface area contributed by atoms with Crippen LogP contribution in [0.2, 0.25) is 0 Å². The van der Waals surface area contributed by atoms with Gasteiger partial charge in [-0.25, -0.2) is 4.98 Å². The Kier molecular flexibility index (Phi) is 7.36. The number of fused-ring (bicyclic) bond motifs is 1. The Hall–Kier alpha value is -3.24. The van der Waals surface area contributed by atoms with Gasteiger partial charge in [-0.15, -0.1) is 23.1 Å². The molecule has 0 atom stereocenters. The highest BCUT2D eigenvalue weighted by atomic mass is 32.2. The molecule has 0 saturated heterocycles. The molecule has 33 heavy (non-hydrogen) atoms. The average molecular weight is 488 g/mol. The fraction of sp³-hybridized carbons (Fsp3) is 0.174. The van der Waals surface area contributed by atoms with Crippen molar-refractivity contribution in [2.24, 2.45) is 0 Å². The maximum atomic E-state index is 12.8. The topological polar surface area (TPSA) is 72.7 Å². The molecule has 4 aromatic rings. The summed E-state index contributed by atoms with van der Waals surface area (Å²) in [5, 5.41) is 4.57. The smallest absolute Gasteiger partial charge is 0.387 e. The summed E-state index contributed by atoms with van der Waals surface area (Å²) in [5.41, 5.74) is 2.42. The minimum atomic E-state index is -2.94. The maximum Gasteiger partial charge on any atom is 0.387 e. The van der Waals surface area contributed by atoms with Gasteiger partial charge in [-0.1, -0.05) is 30.3 Å². The van der Waals surface area contributed by atoms with Crippen molar-refractivity contribution in [1.82, 2.24) is 9.38 Å². The van der Waals surface area contributed by atoms with Crippen LogP contribution in [-0.2, 0) is 17.0 Å². The van der Waals surface area contributed by atoms with E-state index in [1.807, 2.05) is 30.3 Å². The second-order valence-electron chi connectivity index (χ2n) is 7.05. The van der Waals surface area contributed by atoms with Crippen LogP contribution in [-0.4, -0.2) is 27.7 Å². The molecule has 0 spiro atoms. The zero-order valence-electron chi connectivity index (χ0n) is 17.2. The fourth-order valence-electron chi connectivity index (χ4n) is 3.23. The Morgan fingerprint density at radius 2 is 2.00 bits per heavy atom. The second-order valence-corrected chi connectivity index (χ2v) is 8.90. The largest absolute Gasteiger partial charge is 0.435 e. The lowest BCUT2D eigenvalue weighted by Gasteiger charge is -2.13. The Morgan fingerprint density at radius 1 is 1.18 bits per heavy atom. The van der Waals surface area contributed by atoms with Crippen molar-refractivity contribution in [3.05, 3.63) is 93.3 Å². The third-order valence-corrected chi connectivity index (χ3v) is 6.36. The number of thioether (sulfide) groups is 1. The monoisotopic (exact) mass is 487 g/mol. The minimum absolute atomic E-state index is 0.0718. The molecule has 0 radical (unpaired) electrons. The van der Waals surface area contributed by atoms with E-state index in [-0.39, 0.29) is 23.0 Å². The average Bonchev–Trinajstić information content (AvgIpc) is 3.25. The number of nitrogens with one attached hydrogen (secondary N) is 1. The zero-order valence-corrected chi connectivity index (χ0v) is 18.9. The standard InChI is InChI=1S/C23H19F2N3O3S2/c24-22(25)31-19-7-6-17(11-16(19)10-15-4-2-1-3-5-15)26-20(29)14-32-13-18-12-21(30)28-8-9-33-23(28)27-18/h1-9,11-12,22H,10,13-14H2,(H,26,29). The van der Waals surface area contributed by atoms with Crippen molar-refractivity contribution in [3.8, 4) is 5.75 Å². The first-order chi connectivity index (χ1) is 16.0. The fourth-order valence-corrected chi connectivity index (χ4v) is 4.68. The molecule has 1 N–H and O–H groups in total. The zero-order chi connectivity index (χ0) is 23.2. The number of benzene rings is 2. The summed E-state index contributed by atoms with van der Waals surface area (Å²) >= 11 is 2.70. The Balaban J connectivity index is 1.39. The van der Waals surface area contributed by atoms with E-state index in [1.54, 1.807) is 17.6 Å². The quantitative estimate of drug-likeness (QED) is 0.367. The summed E-state index contributed by atoms with van der Waals surface area (Å²) in [5.74, 6) is 0.386. The Labute approximate surface area is 196 Å². The molecule has 10 heteroatoms. The number of carbonyl (C=O) groups is 1. The van der Waals surface area contributed by atoms with E-state index >= 15 is 0 Å². The molecule has 0 bridgehead atoms. The summed E-state index contributed by atoms with van der Waals surface area (Å²) in [6, 6.07) is 15.4. The molecule has 0 fully saturated rings. The first kappa shape index (κ1) is 22.9. The normalized spacial score (nSPS) is 11.1. The van der Waals surface area contributed by atoms with Crippen LogP contribution in [0.3, 0.4) is 0 Å². The van der Waals surface area contributed by atoms with Gasteiger partial charge in [-0.2, -0.15) is 8.78 Å². The molecule has 2 aromatic carbocycles. The Bertz CT molecular complexity index is 1310. The van der Waals surface area contributed by atoms with Crippen LogP contribution in [0.4, 0.5) is 14.5 Å². The number of anilines is 1. The van der Waals surface area contributed by atoms with Gasteiger partial charge >= 0.3 is 6.61 Å². The van der Waals surface area contributed by atoms with E-state index in [4.69, 9.17) is 0 Å². The van der Waals surface area contributed by atoms with Crippen LogP contribution in [0.25, 0.3) is 4.96 Å². The molecule has 170 valence electrons. The number of alkyl halides is 2. The van der Waals surface area contributed by atoms with Gasteiger partial charge in [0.2, 0.25) is 5.91 Å². The van der Waals surface area contributed by atoms with Crippen LogP contribution < -0.4 is 15.6 Å². The molecule has 0 saturated carbocycles. The lowest BCUT2D eigenvalue weighted by atomic mass is 10.0. The molecule has 1 amide bonds. The number of amides is 1. The molecule has 0 aliphatic heterocycles. The van der Waals surface area contributed by atoms with Crippen LogP contribution in [0.15, 0.2) is 71.0 Å². The number of halogens is 2. The lowest BCUT2D eigenvalue weighted by molar-refractivity contribution is -0.113. The summed E-state index contributed by atoms with van der Waals surface area (Å²) in [4.78, 5) is 29.5. The van der Waals surface area contributed by atoms with Gasteiger partial charge in [0.15, 0.2) is 4.96 Å². The first-order valence-corrected chi connectivity index (χ1v) is 12.0. The molecule has 6 nitrogen and oxygen atoms in total. The van der Waals surface area contributed by atoms with Crippen LogP contribution in [0.5, 0.6) is 5.75 Å². The summed E-state index contributed by atoms with van der Waals surface area (Å²) in [7, 11) is 0. The van der Waals surface area contributed by atoms with Gasteiger partial charge in [0.25, 0.3) is 5.56 Å². The van der Waals surface area contributed by atoms with Crippen molar-refractivity contribution in [2.45, 2.75) is 18.8 Å². The molecule has 4 rings (SSSR count). The van der Waals surface area contributed by atoms with Crippen LogP contribution >= 0.6 is 23.1 Å². The molecule has 0 aliphatic carbocycles. The van der Waals surface area contributed by atoms with E-state index in [0.717, 1.165) is 5.56 Å². The van der Waals surface area contributed by atoms with Gasteiger partial charge in [0.05, 0.1) is 11.4 Å². The number of aromatic nitrogens is 2. The van der Waals surface area contributed by atoms with Gasteiger partial charge < -0.3 is 10.1 Å². The van der Waals surface area contributed by atoms with Crippen LogP contribution in [0.1, 0.15) is 16.8 Å². The third-order valence-electron chi connectivity index (χ3n) is 4.64. The van der Waals surface area contributed by atoms with E-state index in [1.165, 1.54) is 45.7 Å². The number of carbonyl (C=O) groups excluding carboxylic acids is 1. The van der Waals surface area contributed by atoms with Gasteiger partial charge in [-0.05, 0) is 23.8 Å². The summed E-state index contributed by atoms with van der Waals surface area (Å²) in [6.07, 6.45) is 2.05. The predicted octanol–water partition coefficient (Wildman–Crippen LogP) is 4.82. The molecule has 2 heterocycles. The van der Waals surface area contributed by atoms with Gasteiger partial charge in [0.1, 0.15) is 5.75 Å². The number of nitrogens with zero attached hydrogens (tertiary/aromatic N) is 2. The second kappa shape index (κ2) is 10.6. The van der Waals surface area contributed by atoms with E-state index in [0.29, 0.717) is 34.1 Å². The highest BCUT2D eigenvalue weighted by molar-refractivity contribution is 7.99. The van der Waals surface area contributed by atoms with Crippen molar-refractivity contribution in [1.29, 1.82) is 0 Å². The number of rotatable bonds is 9. The molecular formula is C23H19F2N3O3S2. The Morgan fingerprint density at radius 3 is 2.79 bits per heavy atom. The van der Waals surface area contributed by atoms with E-state index in [2.05, 4.69) is 15.0 Å². The highest BCUT2D eigenvalue weighted by Gasteiger charge is 2.13. The van der Waals surface area contributed by atoms with Crippen LogP contribution in [0, 0.1) is 0 Å². The third kappa shape index (κ3) is 6.17. The van der Waals surface area contributed by atoms with E-state index in [9.17, 15) is 18.4 Å². The molecule has 0 aliphatic rings. The first-order valence-electron chi connectivity index (χ1n) is 9.93. The maximum absolute atomic E-state index is 12.8. The number of hydrogen-bond donors (Lipinski definition) is 1. The van der Waals surface area contributed by atoms with E-state index < -0.39 is 6.61 Å². The molecular weight excluding hydrogens is 468 g/mol. The minimum Gasteiger partial charge on any atom is -0.435 e.